The number of imidazole rings is 1. The molecule has 2 heterocycles. The SMILES string of the molecule is Cc1nc2ccc(NS(=O)(=O)c3ccc4[nH]c(=O)oc4c3)cc2[nH]1. The van der Waals surface area contributed by atoms with Crippen LogP contribution in [0.5, 0.6) is 0 Å². The summed E-state index contributed by atoms with van der Waals surface area (Å²) in [5.74, 6) is 0.116. The number of oxazole rings is 1. The van der Waals surface area contributed by atoms with E-state index < -0.39 is 15.8 Å². The van der Waals surface area contributed by atoms with Crippen LogP contribution in [0.3, 0.4) is 0 Å². The van der Waals surface area contributed by atoms with Gasteiger partial charge in [-0.25, -0.2) is 18.2 Å². The molecule has 24 heavy (non-hydrogen) atoms. The molecule has 0 radical (unpaired) electrons. The summed E-state index contributed by atoms with van der Waals surface area (Å²) in [6.45, 7) is 1.82. The molecule has 0 amide bonds. The second-order valence-corrected chi connectivity index (χ2v) is 7.01. The Hall–Kier alpha value is -3.07. The van der Waals surface area contributed by atoms with E-state index in [1.165, 1.54) is 18.2 Å². The zero-order chi connectivity index (χ0) is 16.9. The number of aryl methyl sites for hydroxylation is 1. The number of nitrogens with zero attached hydrogens (tertiary/aromatic N) is 1. The summed E-state index contributed by atoms with van der Waals surface area (Å²) >= 11 is 0. The highest BCUT2D eigenvalue weighted by atomic mass is 32.2. The van der Waals surface area contributed by atoms with Crippen molar-refractivity contribution < 1.29 is 12.8 Å². The Morgan fingerprint density at radius 1 is 1.08 bits per heavy atom. The van der Waals surface area contributed by atoms with Crippen LogP contribution in [-0.2, 0) is 10.0 Å². The molecule has 4 rings (SSSR count). The molecule has 0 saturated carbocycles. The Morgan fingerprint density at radius 2 is 1.92 bits per heavy atom. The van der Waals surface area contributed by atoms with E-state index in [4.69, 9.17) is 4.42 Å². The maximum Gasteiger partial charge on any atom is 0.417 e. The number of fused-ring (bicyclic) bond motifs is 2. The molecule has 0 bridgehead atoms. The van der Waals surface area contributed by atoms with Crippen LogP contribution >= 0.6 is 0 Å². The van der Waals surface area contributed by atoms with Gasteiger partial charge >= 0.3 is 5.76 Å². The molecule has 122 valence electrons. The van der Waals surface area contributed by atoms with Crippen molar-refractivity contribution in [2.24, 2.45) is 0 Å². The van der Waals surface area contributed by atoms with Crippen molar-refractivity contribution in [1.29, 1.82) is 0 Å². The quantitative estimate of drug-likeness (QED) is 0.525. The number of rotatable bonds is 3. The Balaban J connectivity index is 1.73. The first-order chi connectivity index (χ1) is 11.4. The molecular weight excluding hydrogens is 332 g/mol. The summed E-state index contributed by atoms with van der Waals surface area (Å²) in [4.78, 5) is 20.9. The fraction of sp³-hybridized carbons (Fsp3) is 0.0667. The number of hydrogen-bond donors (Lipinski definition) is 3. The van der Waals surface area contributed by atoms with E-state index in [0.29, 0.717) is 11.2 Å². The van der Waals surface area contributed by atoms with Gasteiger partial charge in [0.15, 0.2) is 5.58 Å². The van der Waals surface area contributed by atoms with Crippen molar-refractivity contribution in [3.8, 4) is 0 Å². The highest BCUT2D eigenvalue weighted by Gasteiger charge is 2.16. The summed E-state index contributed by atoms with van der Waals surface area (Å²) < 4.78 is 32.5. The zero-order valence-corrected chi connectivity index (χ0v) is 13.3. The van der Waals surface area contributed by atoms with Crippen LogP contribution < -0.4 is 10.5 Å². The number of benzene rings is 2. The predicted molar refractivity (Wildman–Crippen MR) is 88.5 cm³/mol. The minimum absolute atomic E-state index is 0.00126. The van der Waals surface area contributed by atoms with Gasteiger partial charge in [0.25, 0.3) is 10.0 Å². The average Bonchev–Trinajstić information content (AvgIpc) is 3.05. The molecule has 0 aliphatic heterocycles. The van der Waals surface area contributed by atoms with Crippen LogP contribution in [0.2, 0.25) is 0 Å². The van der Waals surface area contributed by atoms with Gasteiger partial charge in [0, 0.05) is 6.07 Å². The number of nitrogens with one attached hydrogen (secondary N) is 3. The first-order valence-electron chi connectivity index (χ1n) is 7.03. The average molecular weight is 344 g/mol. The van der Waals surface area contributed by atoms with Gasteiger partial charge in [-0.05, 0) is 37.3 Å². The molecule has 3 N–H and O–H groups in total. The van der Waals surface area contributed by atoms with Gasteiger partial charge in [-0.2, -0.15) is 0 Å². The molecule has 0 aliphatic carbocycles. The van der Waals surface area contributed by atoms with Crippen LogP contribution in [0.15, 0.2) is 50.5 Å². The van der Waals surface area contributed by atoms with Gasteiger partial charge in [0.05, 0.1) is 27.1 Å². The molecule has 0 fully saturated rings. The zero-order valence-electron chi connectivity index (χ0n) is 12.5. The largest absolute Gasteiger partial charge is 0.417 e. The normalized spacial score (nSPS) is 12.0. The predicted octanol–water partition coefficient (Wildman–Crippen LogP) is 2.11. The van der Waals surface area contributed by atoms with Crippen molar-refractivity contribution in [2.75, 3.05) is 4.72 Å². The van der Waals surface area contributed by atoms with Crippen molar-refractivity contribution in [3.63, 3.8) is 0 Å². The van der Waals surface area contributed by atoms with Crippen LogP contribution in [0.1, 0.15) is 5.82 Å². The summed E-state index contributed by atoms with van der Waals surface area (Å²) in [5, 5.41) is 0. The maximum absolute atomic E-state index is 12.5. The van der Waals surface area contributed by atoms with E-state index in [-0.39, 0.29) is 10.5 Å². The number of hydrogen-bond acceptors (Lipinski definition) is 5. The molecule has 0 aliphatic rings. The Labute approximate surface area is 135 Å². The number of H-pyrrole nitrogens is 2. The highest BCUT2D eigenvalue weighted by molar-refractivity contribution is 7.92. The monoisotopic (exact) mass is 344 g/mol. The molecule has 0 spiro atoms. The van der Waals surface area contributed by atoms with E-state index in [1.54, 1.807) is 18.2 Å². The van der Waals surface area contributed by atoms with Crippen molar-refractivity contribution in [2.45, 2.75) is 11.8 Å². The third-order valence-corrected chi connectivity index (χ3v) is 4.93. The Morgan fingerprint density at radius 3 is 2.75 bits per heavy atom. The van der Waals surface area contributed by atoms with Crippen LogP contribution in [-0.4, -0.2) is 23.4 Å². The molecule has 9 heteroatoms. The van der Waals surface area contributed by atoms with Crippen LogP contribution in [0, 0.1) is 6.92 Å². The van der Waals surface area contributed by atoms with E-state index in [0.717, 1.165) is 16.9 Å². The van der Waals surface area contributed by atoms with Gasteiger partial charge in [-0.15, -0.1) is 0 Å². The summed E-state index contributed by atoms with van der Waals surface area (Å²) in [5.41, 5.74) is 2.52. The maximum atomic E-state index is 12.5. The van der Waals surface area contributed by atoms with Gasteiger partial charge in [-0.3, -0.25) is 9.71 Å². The number of sulfonamides is 1. The van der Waals surface area contributed by atoms with Crippen molar-refractivity contribution in [1.82, 2.24) is 15.0 Å². The first kappa shape index (κ1) is 14.5. The lowest BCUT2D eigenvalue weighted by Crippen LogP contribution is -2.12. The number of aromatic amines is 2. The minimum atomic E-state index is -3.82. The fourth-order valence-corrected chi connectivity index (χ4v) is 3.57. The molecule has 8 nitrogen and oxygen atoms in total. The van der Waals surface area contributed by atoms with Crippen molar-refractivity contribution >= 4 is 37.8 Å². The van der Waals surface area contributed by atoms with Gasteiger partial charge in [0.2, 0.25) is 0 Å². The van der Waals surface area contributed by atoms with E-state index in [9.17, 15) is 13.2 Å². The van der Waals surface area contributed by atoms with E-state index in [1.807, 2.05) is 6.92 Å². The smallest absolute Gasteiger partial charge is 0.408 e. The summed E-state index contributed by atoms with van der Waals surface area (Å²) in [6.07, 6.45) is 0. The Kier molecular flexibility index (Phi) is 3.00. The van der Waals surface area contributed by atoms with Crippen LogP contribution in [0.25, 0.3) is 22.1 Å². The highest BCUT2D eigenvalue weighted by Crippen LogP contribution is 2.22. The molecule has 2 aromatic heterocycles. The van der Waals surface area contributed by atoms with E-state index >= 15 is 0 Å². The lowest BCUT2D eigenvalue weighted by atomic mass is 10.3. The number of aromatic nitrogens is 3. The Bertz CT molecular complexity index is 1230. The van der Waals surface area contributed by atoms with Gasteiger partial charge < -0.3 is 9.40 Å². The molecule has 2 aromatic carbocycles. The van der Waals surface area contributed by atoms with Crippen molar-refractivity contribution in [3.05, 3.63) is 52.8 Å². The standard InChI is InChI=1S/C15H12N4O4S/c1-8-16-11-4-2-9(6-13(11)17-8)19-24(21,22)10-3-5-12-14(7-10)23-15(20)18-12/h2-7,19H,1H3,(H,16,17)(H,18,20). The van der Waals surface area contributed by atoms with E-state index in [2.05, 4.69) is 19.7 Å². The molecule has 0 atom stereocenters. The summed E-state index contributed by atoms with van der Waals surface area (Å²) in [6, 6.07) is 9.21. The number of anilines is 1. The molecular formula is C15H12N4O4S. The minimum Gasteiger partial charge on any atom is -0.408 e. The second kappa shape index (κ2) is 4.96. The topological polar surface area (TPSA) is 121 Å². The van der Waals surface area contributed by atoms with Gasteiger partial charge in [0.1, 0.15) is 5.82 Å². The first-order valence-corrected chi connectivity index (χ1v) is 8.51. The third-order valence-electron chi connectivity index (χ3n) is 3.56. The molecule has 0 unspecified atom stereocenters. The third kappa shape index (κ3) is 2.44. The second-order valence-electron chi connectivity index (χ2n) is 5.33. The molecule has 0 saturated heterocycles. The fourth-order valence-electron chi connectivity index (χ4n) is 2.51. The summed E-state index contributed by atoms with van der Waals surface area (Å²) in [7, 11) is -3.82. The van der Waals surface area contributed by atoms with Gasteiger partial charge in [-0.1, -0.05) is 0 Å². The molecule has 4 aromatic rings. The lowest BCUT2D eigenvalue weighted by molar-refractivity contribution is 0.554. The lowest BCUT2D eigenvalue weighted by Gasteiger charge is -2.08. The van der Waals surface area contributed by atoms with Crippen LogP contribution in [0.4, 0.5) is 5.69 Å².